The maximum absolute atomic E-state index is 14.3. The van der Waals surface area contributed by atoms with Crippen molar-refractivity contribution in [3.8, 4) is 0 Å². The number of thiol groups is 3. The third-order valence-electron chi connectivity index (χ3n) is 11.9. The van der Waals surface area contributed by atoms with E-state index in [0.29, 0.717) is 18.4 Å². The number of aliphatic carboxylic acids is 1. The Hall–Kier alpha value is -6.73. The lowest BCUT2D eigenvalue weighted by molar-refractivity contribution is -0.141. The van der Waals surface area contributed by atoms with Crippen molar-refractivity contribution in [2.75, 3.05) is 36.9 Å². The molecule has 0 heterocycles. The summed E-state index contributed by atoms with van der Waals surface area (Å²) in [6, 6.07) is -3.05. The predicted octanol–water partition coefficient (Wildman–Crippen LogP) is -4.44. The second kappa shape index (κ2) is 38.0. The van der Waals surface area contributed by atoms with Crippen LogP contribution in [0.4, 0.5) is 0 Å². The molecular weight excluding hydrogens is 1080 g/mol. The maximum Gasteiger partial charge on any atom is 0.327 e. The highest BCUT2D eigenvalue weighted by Gasteiger charge is 2.36. The van der Waals surface area contributed by atoms with Crippen molar-refractivity contribution in [1.29, 1.82) is 0 Å². The van der Waals surface area contributed by atoms with E-state index in [0.717, 1.165) is 0 Å². The monoisotopic (exact) mass is 1170 g/mol. The highest BCUT2D eigenvalue weighted by Crippen LogP contribution is 2.13. The first-order chi connectivity index (χ1) is 37.3. The third-order valence-corrected chi connectivity index (χ3v) is 13.0. The van der Waals surface area contributed by atoms with Gasteiger partial charge in [-0.3, -0.25) is 53.3 Å². The highest BCUT2D eigenvalue weighted by molar-refractivity contribution is 7.80. The van der Waals surface area contributed by atoms with E-state index >= 15 is 0 Å². The Labute approximate surface area is 477 Å². The first-order valence-electron chi connectivity index (χ1n) is 25.7. The van der Waals surface area contributed by atoms with E-state index in [1.165, 1.54) is 0 Å². The van der Waals surface area contributed by atoms with Crippen LogP contribution in [0.2, 0.25) is 0 Å². The Morgan fingerprint density at radius 1 is 0.494 bits per heavy atom. The fourth-order valence-corrected chi connectivity index (χ4v) is 8.15. The average Bonchev–Trinajstić information content (AvgIpc) is 3.39. The molecule has 0 bridgehead atoms. The fraction of sp³-hybridized carbons (Fsp3) is 0.625. The SMILES string of the molecule is CC[C@H](C)[C@H](NC(=O)[C@H](CS)NC(=O)[C@@H](N)CCCN=C(N)N)C(=O)N[C@@H](CS)C(=O)N[C@@H](CCCN=C(N)N)C(=O)N[C@@H](CC(C)C)C(=O)N[C@@H](CCCN=C(N)N)C(=O)N[C@@H](Cc1ccccc1)C(=O)N[C@@H](CS)C(=O)O. The standard InChI is InChI=1S/C48H84N18O10S3/c1-5-26(4)36(66-43(73)34(23-78)63-37(67)28(49)14-9-17-56-46(50)51)44(74)64-33(22-77)42(72)60-30(16-11-19-58-48(54)55)38(68)61-31(20-25(2)3)40(70)59-29(15-10-18-57-47(52)53)39(69)62-32(21-27-12-7-6-8-13-27)41(71)65-35(24-79)45(75)76/h6-8,12-13,25-26,28-36,77-79H,5,9-11,14-24,49H2,1-4H3,(H,59,70)(H,60,72)(H,61,68)(H,62,69)(H,63,67)(H,64,74)(H,65,71)(H,66,73)(H,75,76)(H4,50,51,56)(H4,52,53,57)(H4,54,55,58)/t26-,28-,29-,30-,31-,32-,33-,34-,35-,36-/m0/s1. The molecule has 0 saturated carbocycles. The van der Waals surface area contributed by atoms with E-state index in [9.17, 15) is 48.3 Å². The van der Waals surface area contributed by atoms with Gasteiger partial charge in [-0.1, -0.05) is 64.4 Å². The van der Waals surface area contributed by atoms with Gasteiger partial charge in [0.05, 0.1) is 6.04 Å². The highest BCUT2D eigenvalue weighted by atomic mass is 32.1. The van der Waals surface area contributed by atoms with Crippen LogP contribution < -0.4 is 82.7 Å². The largest absolute Gasteiger partial charge is 0.480 e. The molecule has 8 amide bonds. The van der Waals surface area contributed by atoms with Gasteiger partial charge in [0.2, 0.25) is 47.3 Å². The van der Waals surface area contributed by atoms with Crippen LogP contribution in [0.25, 0.3) is 0 Å². The van der Waals surface area contributed by atoms with Gasteiger partial charge >= 0.3 is 5.97 Å². The van der Waals surface area contributed by atoms with E-state index in [2.05, 4.69) is 95.4 Å². The van der Waals surface area contributed by atoms with Crippen molar-refractivity contribution < 1.29 is 48.3 Å². The van der Waals surface area contributed by atoms with Gasteiger partial charge in [0.1, 0.15) is 48.3 Å². The lowest BCUT2D eigenvalue weighted by Crippen LogP contribution is -2.61. The number of nitrogens with zero attached hydrogens (tertiary/aromatic N) is 3. The van der Waals surface area contributed by atoms with Crippen LogP contribution in [-0.2, 0) is 49.6 Å². The number of amides is 8. The molecule has 0 aromatic heterocycles. The summed E-state index contributed by atoms with van der Waals surface area (Å²) in [6.07, 6.45) is 1.06. The van der Waals surface area contributed by atoms with E-state index in [1.807, 2.05) is 0 Å². The zero-order chi connectivity index (χ0) is 59.8. The number of rotatable bonds is 38. The third kappa shape index (κ3) is 28.1. The molecule has 1 rings (SSSR count). The normalized spacial score (nSPS) is 14.7. The molecule has 444 valence electrons. The predicted molar refractivity (Wildman–Crippen MR) is 311 cm³/mol. The van der Waals surface area contributed by atoms with E-state index < -0.39 is 114 Å². The molecule has 0 fully saturated rings. The van der Waals surface area contributed by atoms with Crippen LogP contribution in [0.15, 0.2) is 45.3 Å². The van der Waals surface area contributed by atoms with Crippen molar-refractivity contribution in [1.82, 2.24) is 42.5 Å². The molecule has 0 aliphatic rings. The number of carboxylic acid groups (broad SMARTS) is 1. The van der Waals surface area contributed by atoms with Gasteiger partial charge in [0, 0.05) is 43.3 Å². The molecule has 31 heteroatoms. The number of aliphatic imine (C=N–C) groups is 3. The number of hydrogen-bond donors (Lipinski definition) is 19. The van der Waals surface area contributed by atoms with Crippen molar-refractivity contribution in [3.63, 3.8) is 0 Å². The Balaban J connectivity index is 3.51. The number of hydrogen-bond acceptors (Lipinski definition) is 16. The summed E-state index contributed by atoms with van der Waals surface area (Å²) in [7, 11) is 0. The number of carboxylic acids is 1. The van der Waals surface area contributed by atoms with Gasteiger partial charge in [0.15, 0.2) is 17.9 Å². The quantitative estimate of drug-likeness (QED) is 0.0129. The molecule has 23 N–H and O–H groups in total. The first-order valence-corrected chi connectivity index (χ1v) is 27.6. The van der Waals surface area contributed by atoms with Crippen molar-refractivity contribution in [3.05, 3.63) is 35.9 Å². The van der Waals surface area contributed by atoms with Crippen LogP contribution in [0, 0.1) is 11.8 Å². The Morgan fingerprint density at radius 3 is 1.29 bits per heavy atom. The molecule has 28 nitrogen and oxygen atoms in total. The average molecular weight is 1170 g/mol. The van der Waals surface area contributed by atoms with E-state index in [-0.39, 0.29) is 106 Å². The zero-order valence-electron chi connectivity index (χ0n) is 45.2. The lowest BCUT2D eigenvalue weighted by Gasteiger charge is -2.29. The Morgan fingerprint density at radius 2 is 0.861 bits per heavy atom. The summed E-state index contributed by atoms with van der Waals surface area (Å²) in [5.74, 6) is -9.74. The Kier molecular flexibility index (Phi) is 33.8. The van der Waals surface area contributed by atoms with E-state index in [4.69, 9.17) is 40.1 Å². The minimum atomic E-state index is -1.39. The van der Waals surface area contributed by atoms with Gasteiger partial charge in [-0.15, -0.1) is 0 Å². The van der Waals surface area contributed by atoms with Crippen LogP contribution in [-0.4, -0.2) is 167 Å². The molecule has 0 spiro atoms. The summed E-state index contributed by atoms with van der Waals surface area (Å²) in [5.41, 5.74) is 39.4. The van der Waals surface area contributed by atoms with Crippen LogP contribution >= 0.6 is 37.9 Å². The summed E-state index contributed by atoms with van der Waals surface area (Å²) in [4.78, 5) is 134. The molecule has 0 aliphatic carbocycles. The molecule has 79 heavy (non-hydrogen) atoms. The van der Waals surface area contributed by atoms with Crippen molar-refractivity contribution in [2.45, 2.75) is 140 Å². The van der Waals surface area contributed by atoms with Crippen LogP contribution in [0.3, 0.4) is 0 Å². The zero-order valence-corrected chi connectivity index (χ0v) is 47.9. The van der Waals surface area contributed by atoms with Gasteiger partial charge in [-0.25, -0.2) is 4.79 Å². The van der Waals surface area contributed by atoms with Gasteiger partial charge in [-0.05, 0) is 62.3 Å². The Bertz CT molecular complexity index is 2240. The van der Waals surface area contributed by atoms with Crippen molar-refractivity contribution in [2.24, 2.45) is 66.9 Å². The number of nitrogens with two attached hydrogens (primary N) is 7. The van der Waals surface area contributed by atoms with Crippen LogP contribution in [0.1, 0.15) is 84.6 Å². The smallest absolute Gasteiger partial charge is 0.327 e. The lowest BCUT2D eigenvalue weighted by atomic mass is 9.97. The molecule has 0 radical (unpaired) electrons. The molecular formula is C48H84N18O10S3. The number of guanidine groups is 3. The molecule has 0 saturated heterocycles. The summed E-state index contributed by atoms with van der Waals surface area (Å²) >= 11 is 12.6. The minimum Gasteiger partial charge on any atom is -0.480 e. The second-order valence-electron chi connectivity index (χ2n) is 19.0. The molecule has 1 aromatic carbocycles. The van der Waals surface area contributed by atoms with E-state index in [1.54, 1.807) is 58.0 Å². The summed E-state index contributed by atoms with van der Waals surface area (Å²) in [5, 5.41) is 30.5. The maximum atomic E-state index is 14.3. The molecule has 0 aliphatic heterocycles. The second-order valence-corrected chi connectivity index (χ2v) is 20.1. The first kappa shape index (κ1) is 70.3. The number of carbonyl (C=O) groups is 9. The van der Waals surface area contributed by atoms with Gasteiger partial charge in [-0.2, -0.15) is 37.9 Å². The minimum absolute atomic E-state index is 0.0250. The molecule has 0 unspecified atom stereocenters. The van der Waals surface area contributed by atoms with Crippen LogP contribution in [0.5, 0.6) is 0 Å². The number of carbonyl (C=O) groups excluding carboxylic acids is 8. The van der Waals surface area contributed by atoms with Crippen molar-refractivity contribution >= 4 is 109 Å². The van der Waals surface area contributed by atoms with Gasteiger partial charge in [0.25, 0.3) is 0 Å². The topological polar surface area (TPSA) is 489 Å². The fourth-order valence-electron chi connectivity index (χ4n) is 7.39. The number of nitrogens with one attached hydrogen (secondary N) is 8. The molecule has 1 aromatic rings. The summed E-state index contributed by atoms with van der Waals surface area (Å²) in [6.45, 7) is 7.34. The van der Waals surface area contributed by atoms with Gasteiger partial charge < -0.3 is 87.8 Å². The summed E-state index contributed by atoms with van der Waals surface area (Å²) < 4.78 is 0. The number of benzene rings is 1. The molecule has 10 atom stereocenters.